The largest absolute Gasteiger partial charge is 0.416 e. The van der Waals surface area contributed by atoms with Gasteiger partial charge in [-0.05, 0) is 28.1 Å². The molecule has 0 amide bonds. The molecule has 0 bridgehead atoms. The zero-order valence-electron chi connectivity index (χ0n) is 10.5. The van der Waals surface area contributed by atoms with Crippen LogP contribution in [-0.4, -0.2) is 29.7 Å². The van der Waals surface area contributed by atoms with Crippen molar-refractivity contribution in [3.05, 3.63) is 32.3 Å². The first-order valence-corrected chi connectivity index (χ1v) is 8.75. The highest BCUT2D eigenvalue weighted by Crippen LogP contribution is 2.38. The van der Waals surface area contributed by atoms with E-state index in [-0.39, 0.29) is 25.4 Å². The Bertz CT molecular complexity index is 829. The molecule has 0 aliphatic carbocycles. The zero-order valence-corrected chi connectivity index (χ0v) is 14.4. The van der Waals surface area contributed by atoms with Crippen molar-refractivity contribution in [2.24, 2.45) is 0 Å². The lowest BCUT2D eigenvalue weighted by molar-refractivity contribution is -0.137. The van der Waals surface area contributed by atoms with Gasteiger partial charge in [-0.2, -0.15) is 13.2 Å². The predicted octanol–water partition coefficient (Wildman–Crippen LogP) is 3.76. The molecule has 0 fully saturated rings. The summed E-state index contributed by atoms with van der Waals surface area (Å²) in [7, 11) is -3.69. The molecular weight excluding hydrogens is 434 g/mol. The smallest absolute Gasteiger partial charge is 0.222 e. The van der Waals surface area contributed by atoms with Crippen LogP contribution in [0.1, 0.15) is 5.56 Å². The van der Waals surface area contributed by atoms with Crippen LogP contribution in [0.15, 0.2) is 21.8 Å². The van der Waals surface area contributed by atoms with Crippen molar-refractivity contribution in [2.45, 2.75) is 11.2 Å². The highest BCUT2D eigenvalue weighted by molar-refractivity contribution is 9.10. The minimum absolute atomic E-state index is 0.0986. The van der Waals surface area contributed by atoms with E-state index in [4.69, 9.17) is 23.2 Å². The topological polar surface area (TPSA) is 64.8 Å². The molecule has 120 valence electrons. The maximum atomic E-state index is 12.7. The van der Waals surface area contributed by atoms with Gasteiger partial charge in [-0.15, -0.1) is 5.10 Å². The Balaban J connectivity index is 2.68. The molecule has 12 heteroatoms. The third-order valence-electron chi connectivity index (χ3n) is 2.49. The first-order valence-electron chi connectivity index (χ1n) is 5.31. The van der Waals surface area contributed by atoms with Crippen LogP contribution >= 0.6 is 39.1 Å². The Morgan fingerprint density at radius 1 is 1.23 bits per heavy atom. The van der Waals surface area contributed by atoms with Crippen LogP contribution in [0.25, 0.3) is 5.69 Å². The van der Waals surface area contributed by atoms with Gasteiger partial charge in [-0.3, -0.25) is 0 Å². The fourth-order valence-electron chi connectivity index (χ4n) is 1.56. The molecule has 1 heterocycles. The van der Waals surface area contributed by atoms with Crippen LogP contribution in [0.3, 0.4) is 0 Å². The number of hydrogen-bond acceptors (Lipinski definition) is 4. The number of nitrogens with zero attached hydrogens (tertiary/aromatic N) is 3. The summed E-state index contributed by atoms with van der Waals surface area (Å²) < 4.78 is 61.8. The van der Waals surface area contributed by atoms with Gasteiger partial charge in [0.05, 0.1) is 15.6 Å². The minimum Gasteiger partial charge on any atom is -0.222 e. The molecule has 0 saturated heterocycles. The van der Waals surface area contributed by atoms with Crippen molar-refractivity contribution in [1.82, 2.24) is 15.0 Å². The monoisotopic (exact) mass is 437 g/mol. The molecule has 0 saturated carbocycles. The van der Waals surface area contributed by atoms with Gasteiger partial charge in [0.25, 0.3) is 0 Å². The Morgan fingerprint density at radius 3 is 2.09 bits per heavy atom. The Kier molecular flexibility index (Phi) is 4.51. The molecule has 0 aliphatic rings. The molecule has 2 aromatic rings. The molecule has 1 aromatic heterocycles. The van der Waals surface area contributed by atoms with Crippen LogP contribution in [0.4, 0.5) is 13.2 Å². The summed E-state index contributed by atoms with van der Waals surface area (Å²) in [4.78, 5) is 0. The Labute approximate surface area is 141 Å². The highest BCUT2D eigenvalue weighted by Gasteiger charge is 2.33. The molecule has 0 radical (unpaired) electrons. The van der Waals surface area contributed by atoms with Gasteiger partial charge in [0.2, 0.25) is 5.03 Å². The molecule has 0 aliphatic heterocycles. The maximum absolute atomic E-state index is 12.7. The number of benzene rings is 1. The van der Waals surface area contributed by atoms with E-state index in [0.717, 1.165) is 10.9 Å². The number of hydrogen-bond donors (Lipinski definition) is 0. The normalized spacial score (nSPS) is 12.7. The second-order valence-corrected chi connectivity index (χ2v) is 7.65. The molecule has 5 nitrogen and oxygen atoms in total. The number of rotatable bonds is 2. The third-order valence-corrected chi connectivity index (χ3v) is 5.02. The molecular formula is C10H5BrCl2F3N3O2S. The van der Waals surface area contributed by atoms with Crippen LogP contribution in [0.5, 0.6) is 0 Å². The van der Waals surface area contributed by atoms with Crippen molar-refractivity contribution in [3.63, 3.8) is 0 Å². The van der Waals surface area contributed by atoms with Gasteiger partial charge in [0.15, 0.2) is 9.84 Å². The summed E-state index contributed by atoms with van der Waals surface area (Å²) in [6.07, 6.45) is -3.72. The summed E-state index contributed by atoms with van der Waals surface area (Å²) in [5, 5.41) is 5.91. The van der Waals surface area contributed by atoms with E-state index < -0.39 is 21.6 Å². The van der Waals surface area contributed by atoms with Crippen molar-refractivity contribution in [3.8, 4) is 5.69 Å². The standard InChI is InChI=1S/C10H5BrCl2F3N3O2S/c1-22(20,21)9-8(11)19(18-17-9)7-5(12)2-4(3-6(7)13)10(14,15)16/h2-3H,1H3. The van der Waals surface area contributed by atoms with Gasteiger partial charge in [0, 0.05) is 6.26 Å². The predicted molar refractivity (Wildman–Crippen MR) is 77.2 cm³/mol. The number of alkyl halides is 3. The number of sulfone groups is 1. The van der Waals surface area contributed by atoms with E-state index >= 15 is 0 Å². The van der Waals surface area contributed by atoms with Crippen LogP contribution in [-0.2, 0) is 16.0 Å². The molecule has 1 aromatic carbocycles. The molecule has 2 rings (SSSR count). The van der Waals surface area contributed by atoms with Gasteiger partial charge in [-0.1, -0.05) is 28.4 Å². The Morgan fingerprint density at radius 2 is 1.73 bits per heavy atom. The van der Waals surface area contributed by atoms with Gasteiger partial charge < -0.3 is 0 Å². The first-order chi connectivity index (χ1) is 9.93. The summed E-state index contributed by atoms with van der Waals surface area (Å²) in [5.41, 5.74) is -1.16. The molecule has 0 N–H and O–H groups in total. The molecule has 0 unspecified atom stereocenters. The van der Waals surface area contributed by atoms with Crippen molar-refractivity contribution >= 4 is 49.0 Å². The molecule has 0 atom stereocenters. The van der Waals surface area contributed by atoms with Crippen molar-refractivity contribution < 1.29 is 21.6 Å². The second kappa shape index (κ2) is 5.66. The van der Waals surface area contributed by atoms with Gasteiger partial charge in [-0.25, -0.2) is 13.1 Å². The lowest BCUT2D eigenvalue weighted by atomic mass is 10.2. The summed E-state index contributed by atoms with van der Waals surface area (Å²) in [6, 6.07) is 1.33. The van der Waals surface area contributed by atoms with E-state index in [9.17, 15) is 21.6 Å². The summed E-state index contributed by atoms with van der Waals surface area (Å²) >= 11 is 14.6. The lowest BCUT2D eigenvalue weighted by Gasteiger charge is -2.12. The molecule has 22 heavy (non-hydrogen) atoms. The van der Waals surface area contributed by atoms with E-state index in [1.165, 1.54) is 0 Å². The third kappa shape index (κ3) is 3.24. The van der Waals surface area contributed by atoms with E-state index in [1.807, 2.05) is 0 Å². The van der Waals surface area contributed by atoms with Gasteiger partial charge >= 0.3 is 6.18 Å². The van der Waals surface area contributed by atoms with E-state index in [2.05, 4.69) is 26.2 Å². The fraction of sp³-hybridized carbons (Fsp3) is 0.200. The van der Waals surface area contributed by atoms with Crippen molar-refractivity contribution in [2.75, 3.05) is 6.26 Å². The van der Waals surface area contributed by atoms with E-state index in [1.54, 1.807) is 0 Å². The minimum atomic E-state index is -4.62. The van der Waals surface area contributed by atoms with Crippen LogP contribution in [0.2, 0.25) is 10.0 Å². The molecule has 0 spiro atoms. The first kappa shape index (κ1) is 17.5. The average Bonchev–Trinajstić information content (AvgIpc) is 2.69. The van der Waals surface area contributed by atoms with Crippen molar-refractivity contribution in [1.29, 1.82) is 0 Å². The second-order valence-electron chi connectivity index (χ2n) is 4.16. The average molecular weight is 439 g/mol. The fourth-order valence-corrected chi connectivity index (χ4v) is 3.99. The quantitative estimate of drug-likeness (QED) is 0.716. The van der Waals surface area contributed by atoms with E-state index in [0.29, 0.717) is 12.1 Å². The number of aromatic nitrogens is 3. The van der Waals surface area contributed by atoms with Crippen LogP contribution < -0.4 is 0 Å². The number of halogens is 6. The summed E-state index contributed by atoms with van der Waals surface area (Å²) in [6.45, 7) is 0. The van der Waals surface area contributed by atoms with Crippen LogP contribution in [0, 0.1) is 0 Å². The van der Waals surface area contributed by atoms with Gasteiger partial charge in [0.1, 0.15) is 10.3 Å². The SMILES string of the molecule is CS(=O)(=O)c1nnn(-c2c(Cl)cc(C(F)(F)F)cc2Cl)c1Br. The Hall–Kier alpha value is -0.840. The summed E-state index contributed by atoms with van der Waals surface area (Å²) in [5.74, 6) is 0. The highest BCUT2D eigenvalue weighted by atomic mass is 79.9. The zero-order chi connectivity index (χ0) is 16.9. The lowest BCUT2D eigenvalue weighted by Crippen LogP contribution is -2.07. The maximum Gasteiger partial charge on any atom is 0.416 e.